The Bertz CT molecular complexity index is 199. The predicted molar refractivity (Wildman–Crippen MR) is 36.2 cm³/mol. The fraction of sp³-hybridized carbons (Fsp3) is 0.400. The molecule has 5 N–H and O–H groups in total. The van der Waals surface area contributed by atoms with Crippen LogP contribution < -0.4 is 11.5 Å². The Labute approximate surface area is 66.5 Å². The first-order valence-corrected chi connectivity index (χ1v) is 2.82. The summed E-state index contributed by atoms with van der Waals surface area (Å²) < 4.78 is 38.5. The third-order valence-electron chi connectivity index (χ3n) is 0.831. The van der Waals surface area contributed by atoms with Gasteiger partial charge < -0.3 is 21.6 Å². The second-order valence-electron chi connectivity index (χ2n) is 1.87. The summed E-state index contributed by atoms with van der Waals surface area (Å²) in [6.07, 6.45) is -3.85. The lowest BCUT2D eigenvalue weighted by molar-refractivity contribution is -0.165. The molecule has 4 nitrogen and oxygen atoms in total. The van der Waals surface area contributed by atoms with Crippen molar-refractivity contribution in [1.82, 2.24) is 0 Å². The fourth-order valence-corrected chi connectivity index (χ4v) is 0.314. The molecule has 0 aliphatic carbocycles. The van der Waals surface area contributed by atoms with Gasteiger partial charge in [-0.25, -0.2) is 0 Å². The van der Waals surface area contributed by atoms with Crippen LogP contribution in [0.3, 0.4) is 0 Å². The van der Waals surface area contributed by atoms with Gasteiger partial charge in [-0.1, -0.05) is 0 Å². The molecule has 0 spiro atoms. The Hall–Kier alpha value is -1.40. The molecule has 0 atom stereocenters. The summed E-state index contributed by atoms with van der Waals surface area (Å²) in [5, 5.41) is 6.52. The van der Waals surface area contributed by atoms with Crippen LogP contribution in [0.5, 0.6) is 0 Å². The van der Waals surface area contributed by atoms with E-state index in [1.54, 1.807) is 0 Å². The number of ether oxygens (including phenoxy) is 1. The van der Waals surface area contributed by atoms with E-state index in [0.717, 1.165) is 0 Å². The molecule has 0 aliphatic heterocycles. The Balaban J connectivity index is 4.03. The molecule has 70 valence electrons. The van der Waals surface area contributed by atoms with Crippen molar-refractivity contribution in [3.05, 3.63) is 11.6 Å². The molecule has 7 heteroatoms. The van der Waals surface area contributed by atoms with E-state index in [1.165, 1.54) is 0 Å². The number of alkyl halides is 3. The molecule has 0 heterocycles. The van der Waals surface area contributed by atoms with Crippen LogP contribution in [0.4, 0.5) is 13.2 Å². The van der Waals surface area contributed by atoms with Crippen molar-refractivity contribution in [2.45, 2.75) is 6.18 Å². The zero-order chi connectivity index (χ0) is 9.78. The highest BCUT2D eigenvalue weighted by molar-refractivity contribution is 5.74. The Morgan fingerprint density at radius 3 is 2.25 bits per heavy atom. The van der Waals surface area contributed by atoms with Gasteiger partial charge in [0.15, 0.2) is 6.61 Å². The maximum absolute atomic E-state index is 11.5. The van der Waals surface area contributed by atoms with Crippen LogP contribution in [0.15, 0.2) is 11.6 Å². The molecule has 0 unspecified atom stereocenters. The lowest BCUT2D eigenvalue weighted by Crippen LogP contribution is -2.21. The molecule has 0 fully saturated rings. The first-order chi connectivity index (χ1) is 5.37. The number of rotatable bonds is 3. The smallest absolute Gasteiger partial charge is 0.422 e. The second-order valence-corrected chi connectivity index (χ2v) is 1.87. The van der Waals surface area contributed by atoms with Gasteiger partial charge in [0.05, 0.1) is 0 Å². The van der Waals surface area contributed by atoms with Gasteiger partial charge in [0.2, 0.25) is 5.88 Å². The van der Waals surface area contributed by atoms with Gasteiger partial charge in [-0.3, -0.25) is 0 Å². The maximum atomic E-state index is 11.5. The van der Waals surface area contributed by atoms with E-state index in [-0.39, 0.29) is 5.70 Å². The van der Waals surface area contributed by atoms with E-state index in [0.29, 0.717) is 6.21 Å². The second kappa shape index (κ2) is 3.84. The largest absolute Gasteiger partial charge is 0.468 e. The summed E-state index contributed by atoms with van der Waals surface area (Å²) in [6, 6.07) is 0. The fourth-order valence-electron chi connectivity index (χ4n) is 0.314. The molecular weight excluding hydrogens is 175 g/mol. The molecule has 0 aliphatic rings. The summed E-state index contributed by atoms with van der Waals surface area (Å²) >= 11 is 0. The topological polar surface area (TPSA) is 85.1 Å². The van der Waals surface area contributed by atoms with E-state index in [2.05, 4.69) is 4.74 Å². The highest BCUT2D eigenvalue weighted by Gasteiger charge is 2.28. The summed E-state index contributed by atoms with van der Waals surface area (Å²) in [7, 11) is 0. The molecule has 0 amide bonds. The van der Waals surface area contributed by atoms with Crippen molar-refractivity contribution in [3.63, 3.8) is 0 Å². The standard InChI is InChI=1S/C5H8F3N3O/c6-5(7,8)2-12-4(11)3(10)1-9/h1,9H,2,10-11H2. The zero-order valence-electron chi connectivity index (χ0n) is 5.98. The average Bonchev–Trinajstić information content (AvgIpc) is 1.97. The molecule has 0 bridgehead atoms. The SMILES string of the molecule is N=CC(N)=C(N)OCC(F)(F)F. The summed E-state index contributed by atoms with van der Waals surface area (Å²) in [5.41, 5.74) is 9.55. The monoisotopic (exact) mass is 183 g/mol. The molecule has 0 aromatic heterocycles. The highest BCUT2D eigenvalue weighted by Crippen LogP contribution is 2.15. The number of nitrogens with two attached hydrogens (primary N) is 2. The Morgan fingerprint density at radius 1 is 1.42 bits per heavy atom. The van der Waals surface area contributed by atoms with Crippen molar-refractivity contribution in [1.29, 1.82) is 5.41 Å². The van der Waals surface area contributed by atoms with Gasteiger partial charge in [-0.2, -0.15) is 13.2 Å². The van der Waals surface area contributed by atoms with Crippen LogP contribution in [0.2, 0.25) is 0 Å². The third kappa shape index (κ3) is 4.42. The number of hydrogen-bond acceptors (Lipinski definition) is 4. The lowest BCUT2D eigenvalue weighted by atomic mass is 10.5. The molecule has 0 aromatic carbocycles. The van der Waals surface area contributed by atoms with Gasteiger partial charge >= 0.3 is 6.18 Å². The molecule has 0 saturated heterocycles. The first-order valence-electron chi connectivity index (χ1n) is 2.82. The van der Waals surface area contributed by atoms with Crippen molar-refractivity contribution in [2.24, 2.45) is 11.5 Å². The van der Waals surface area contributed by atoms with Crippen molar-refractivity contribution in [2.75, 3.05) is 6.61 Å². The van der Waals surface area contributed by atoms with Gasteiger partial charge in [0, 0.05) is 6.21 Å². The molecule has 0 saturated carbocycles. The minimum Gasteiger partial charge on any atom is -0.468 e. The van der Waals surface area contributed by atoms with Crippen LogP contribution in [0.25, 0.3) is 0 Å². The number of nitrogens with one attached hydrogen (secondary N) is 1. The number of hydrogen-bond donors (Lipinski definition) is 3. The Morgan fingerprint density at radius 2 is 1.92 bits per heavy atom. The molecule has 0 radical (unpaired) electrons. The maximum Gasteiger partial charge on any atom is 0.422 e. The van der Waals surface area contributed by atoms with Crippen molar-refractivity contribution in [3.8, 4) is 0 Å². The molecular formula is C5H8F3N3O. The lowest BCUT2D eigenvalue weighted by Gasteiger charge is -2.09. The van der Waals surface area contributed by atoms with Gasteiger partial charge in [-0.05, 0) is 0 Å². The van der Waals surface area contributed by atoms with Crippen LogP contribution in [0, 0.1) is 5.41 Å². The normalized spacial score (nSPS) is 13.6. The van der Waals surface area contributed by atoms with E-state index in [4.69, 9.17) is 16.9 Å². The van der Waals surface area contributed by atoms with E-state index < -0.39 is 18.7 Å². The van der Waals surface area contributed by atoms with E-state index in [9.17, 15) is 13.2 Å². The van der Waals surface area contributed by atoms with Crippen molar-refractivity contribution < 1.29 is 17.9 Å². The summed E-state index contributed by atoms with van der Waals surface area (Å²) in [4.78, 5) is 0. The molecule has 0 aromatic rings. The summed E-state index contributed by atoms with van der Waals surface area (Å²) in [5.74, 6) is -0.595. The van der Waals surface area contributed by atoms with Crippen LogP contribution >= 0.6 is 0 Å². The Kier molecular flexibility index (Phi) is 3.39. The van der Waals surface area contributed by atoms with Gasteiger partial charge in [0.25, 0.3) is 0 Å². The molecule has 12 heavy (non-hydrogen) atoms. The van der Waals surface area contributed by atoms with Crippen LogP contribution in [0.1, 0.15) is 0 Å². The van der Waals surface area contributed by atoms with Gasteiger partial charge in [-0.15, -0.1) is 0 Å². The average molecular weight is 183 g/mol. The predicted octanol–water partition coefficient (Wildman–Crippen LogP) is 0.301. The quantitative estimate of drug-likeness (QED) is 0.434. The third-order valence-corrected chi connectivity index (χ3v) is 0.831. The zero-order valence-corrected chi connectivity index (χ0v) is 5.98. The van der Waals surface area contributed by atoms with Gasteiger partial charge in [0.1, 0.15) is 5.70 Å². The summed E-state index contributed by atoms with van der Waals surface area (Å²) in [6.45, 7) is -1.51. The highest BCUT2D eigenvalue weighted by atomic mass is 19.4. The van der Waals surface area contributed by atoms with E-state index in [1.807, 2.05) is 0 Å². The minimum atomic E-state index is -4.45. The number of allylic oxidation sites excluding steroid dienone is 1. The van der Waals surface area contributed by atoms with E-state index >= 15 is 0 Å². The van der Waals surface area contributed by atoms with Crippen molar-refractivity contribution >= 4 is 6.21 Å². The van der Waals surface area contributed by atoms with Crippen LogP contribution in [-0.4, -0.2) is 19.0 Å². The first kappa shape index (κ1) is 10.6. The minimum absolute atomic E-state index is 0.334. The number of halogens is 3. The molecule has 0 rings (SSSR count). The van der Waals surface area contributed by atoms with Crippen LogP contribution in [-0.2, 0) is 4.74 Å².